The molecule has 6 heteroatoms. The summed E-state index contributed by atoms with van der Waals surface area (Å²) in [5, 5.41) is 7.41. The van der Waals surface area contributed by atoms with Crippen molar-refractivity contribution in [3.8, 4) is 0 Å². The van der Waals surface area contributed by atoms with Crippen LogP contribution in [0.3, 0.4) is 0 Å². The van der Waals surface area contributed by atoms with Crippen molar-refractivity contribution >= 4 is 55.7 Å². The van der Waals surface area contributed by atoms with Crippen LogP contribution in [-0.4, -0.2) is 21.6 Å². The zero-order valence-electron chi connectivity index (χ0n) is 15.5. The molecule has 0 saturated carbocycles. The summed E-state index contributed by atoms with van der Waals surface area (Å²) in [4.78, 5) is 24.3. The maximum atomic E-state index is 12.5. The fourth-order valence-corrected chi connectivity index (χ4v) is 6.04. The maximum absolute atomic E-state index is 12.5. The number of benzene rings is 2. The van der Waals surface area contributed by atoms with Gasteiger partial charge in [0.15, 0.2) is 0 Å². The number of carbonyl (C=O) groups excluding carboxylic acids is 1. The molecule has 2 aromatic carbocycles. The van der Waals surface area contributed by atoms with Gasteiger partial charge in [-0.15, -0.1) is 11.3 Å². The lowest BCUT2D eigenvalue weighted by molar-refractivity contribution is -0.113. The first kappa shape index (κ1) is 17.6. The van der Waals surface area contributed by atoms with E-state index < -0.39 is 0 Å². The van der Waals surface area contributed by atoms with E-state index in [9.17, 15) is 4.79 Å². The highest BCUT2D eigenvalue weighted by atomic mass is 32.2. The molecule has 4 aromatic rings. The average molecular weight is 406 g/mol. The second-order valence-electron chi connectivity index (χ2n) is 7.01. The SMILES string of the molecule is Cc1nc(SCC(=O)Nc2ccc3ccccc3c2)c2c3c(sc2n1)CCC3. The Morgan fingerprint density at radius 1 is 1.14 bits per heavy atom. The molecule has 0 atom stereocenters. The minimum absolute atomic E-state index is 0.0171. The zero-order chi connectivity index (χ0) is 19.1. The van der Waals surface area contributed by atoms with Gasteiger partial charge in [-0.05, 0) is 54.7 Å². The smallest absolute Gasteiger partial charge is 0.234 e. The van der Waals surface area contributed by atoms with Crippen LogP contribution in [0, 0.1) is 6.92 Å². The number of carbonyl (C=O) groups is 1. The molecule has 1 aliphatic carbocycles. The first-order chi connectivity index (χ1) is 13.7. The van der Waals surface area contributed by atoms with Gasteiger partial charge in [0.1, 0.15) is 15.7 Å². The Hall–Kier alpha value is -2.44. The molecule has 1 amide bonds. The lowest BCUT2D eigenvalue weighted by Crippen LogP contribution is -2.14. The van der Waals surface area contributed by atoms with Crippen molar-refractivity contribution < 1.29 is 4.79 Å². The number of hydrogen-bond donors (Lipinski definition) is 1. The number of aryl methyl sites for hydroxylation is 3. The van der Waals surface area contributed by atoms with E-state index in [2.05, 4.69) is 27.4 Å². The normalized spacial score (nSPS) is 13.2. The molecule has 0 fully saturated rings. The lowest BCUT2D eigenvalue weighted by Gasteiger charge is -2.08. The molecular formula is C22H19N3OS2. The largest absolute Gasteiger partial charge is 0.325 e. The van der Waals surface area contributed by atoms with E-state index in [1.54, 1.807) is 11.3 Å². The summed E-state index contributed by atoms with van der Waals surface area (Å²) in [5.41, 5.74) is 2.22. The lowest BCUT2D eigenvalue weighted by atomic mass is 10.1. The minimum atomic E-state index is -0.0171. The number of hydrogen-bond acceptors (Lipinski definition) is 5. The molecular weight excluding hydrogens is 386 g/mol. The number of aromatic nitrogens is 2. The van der Waals surface area contributed by atoms with Crippen LogP contribution >= 0.6 is 23.1 Å². The number of thiophene rings is 1. The van der Waals surface area contributed by atoms with Gasteiger partial charge in [0.2, 0.25) is 5.91 Å². The predicted octanol–water partition coefficient (Wildman–Crippen LogP) is 5.37. The molecule has 1 aliphatic rings. The molecule has 5 rings (SSSR count). The summed E-state index contributed by atoms with van der Waals surface area (Å²) in [6.45, 7) is 1.92. The topological polar surface area (TPSA) is 54.9 Å². The van der Waals surface area contributed by atoms with E-state index in [1.165, 1.54) is 39.4 Å². The van der Waals surface area contributed by atoms with Gasteiger partial charge in [-0.2, -0.15) is 0 Å². The van der Waals surface area contributed by atoms with E-state index in [1.807, 2.05) is 37.3 Å². The van der Waals surface area contributed by atoms with Crippen molar-refractivity contribution in [1.29, 1.82) is 0 Å². The summed E-state index contributed by atoms with van der Waals surface area (Å²) in [6.07, 6.45) is 3.44. The van der Waals surface area contributed by atoms with E-state index >= 15 is 0 Å². The first-order valence-electron chi connectivity index (χ1n) is 9.38. The third-order valence-corrected chi connectivity index (χ3v) is 7.18. The van der Waals surface area contributed by atoms with E-state index in [-0.39, 0.29) is 5.91 Å². The second-order valence-corrected chi connectivity index (χ2v) is 9.06. The van der Waals surface area contributed by atoms with Gasteiger partial charge >= 0.3 is 0 Å². The van der Waals surface area contributed by atoms with Gasteiger partial charge in [-0.3, -0.25) is 4.79 Å². The second kappa shape index (κ2) is 7.18. The molecule has 28 heavy (non-hydrogen) atoms. The molecule has 2 aromatic heterocycles. The number of nitrogens with one attached hydrogen (secondary N) is 1. The number of thioether (sulfide) groups is 1. The standard InChI is InChI=1S/C22H19N3OS2/c1-13-23-21(20-17-7-4-8-18(17)28-22(20)24-13)27-12-19(26)25-16-10-9-14-5-2-3-6-15(14)11-16/h2-3,5-6,9-11H,4,7-8,12H2,1H3,(H,25,26). The molecule has 4 nitrogen and oxygen atoms in total. The van der Waals surface area contributed by atoms with Crippen molar-refractivity contribution in [3.05, 3.63) is 58.7 Å². The Morgan fingerprint density at radius 2 is 2.00 bits per heavy atom. The molecule has 0 aliphatic heterocycles. The van der Waals surface area contributed by atoms with E-state index in [0.717, 1.165) is 39.6 Å². The number of nitrogens with zero attached hydrogens (tertiary/aromatic N) is 2. The Labute approximate surface area is 171 Å². The number of amides is 1. The quantitative estimate of drug-likeness (QED) is 0.366. The van der Waals surface area contributed by atoms with Crippen LogP contribution in [0.1, 0.15) is 22.7 Å². The molecule has 0 unspecified atom stereocenters. The highest BCUT2D eigenvalue weighted by Crippen LogP contribution is 2.40. The van der Waals surface area contributed by atoms with Crippen LogP contribution in [0.5, 0.6) is 0 Å². The van der Waals surface area contributed by atoms with Gasteiger partial charge < -0.3 is 5.32 Å². The van der Waals surface area contributed by atoms with Crippen LogP contribution in [-0.2, 0) is 17.6 Å². The Morgan fingerprint density at radius 3 is 2.89 bits per heavy atom. The highest BCUT2D eigenvalue weighted by molar-refractivity contribution is 8.00. The van der Waals surface area contributed by atoms with Gasteiger partial charge in [0.25, 0.3) is 0 Å². The van der Waals surface area contributed by atoms with Crippen molar-refractivity contribution in [2.75, 3.05) is 11.1 Å². The molecule has 140 valence electrons. The maximum Gasteiger partial charge on any atom is 0.234 e. The number of fused-ring (bicyclic) bond motifs is 4. The van der Waals surface area contributed by atoms with Crippen molar-refractivity contribution in [2.24, 2.45) is 0 Å². The summed E-state index contributed by atoms with van der Waals surface area (Å²) in [5.74, 6) is 1.09. The number of anilines is 1. The Kier molecular flexibility index (Phi) is 4.53. The van der Waals surface area contributed by atoms with Crippen LogP contribution in [0.2, 0.25) is 0 Å². The molecule has 2 heterocycles. The highest BCUT2D eigenvalue weighted by Gasteiger charge is 2.22. The summed E-state index contributed by atoms with van der Waals surface area (Å²) in [6, 6.07) is 14.1. The third kappa shape index (κ3) is 3.27. The fraction of sp³-hybridized carbons (Fsp3) is 0.227. The third-order valence-electron chi connectivity index (χ3n) is 5.02. The van der Waals surface area contributed by atoms with Crippen molar-refractivity contribution in [3.63, 3.8) is 0 Å². The minimum Gasteiger partial charge on any atom is -0.325 e. The van der Waals surface area contributed by atoms with E-state index in [0.29, 0.717) is 5.75 Å². The Balaban J connectivity index is 1.35. The van der Waals surface area contributed by atoms with Crippen molar-refractivity contribution in [2.45, 2.75) is 31.2 Å². The molecule has 0 spiro atoms. The van der Waals surface area contributed by atoms with Gasteiger partial charge in [0, 0.05) is 16.0 Å². The molecule has 0 bridgehead atoms. The number of rotatable bonds is 4. The van der Waals surface area contributed by atoms with Crippen molar-refractivity contribution in [1.82, 2.24) is 9.97 Å². The van der Waals surface area contributed by atoms with Crippen LogP contribution in [0.25, 0.3) is 21.0 Å². The van der Waals surface area contributed by atoms with Crippen LogP contribution in [0.4, 0.5) is 5.69 Å². The monoisotopic (exact) mass is 405 g/mol. The van der Waals surface area contributed by atoms with Crippen LogP contribution < -0.4 is 5.32 Å². The Bertz CT molecular complexity index is 1220. The fourth-order valence-electron chi connectivity index (χ4n) is 3.77. The van der Waals surface area contributed by atoms with Gasteiger partial charge in [-0.25, -0.2) is 9.97 Å². The molecule has 0 radical (unpaired) electrons. The van der Waals surface area contributed by atoms with Gasteiger partial charge in [0.05, 0.1) is 5.75 Å². The summed E-state index contributed by atoms with van der Waals surface area (Å²) >= 11 is 3.30. The zero-order valence-corrected chi connectivity index (χ0v) is 17.1. The summed E-state index contributed by atoms with van der Waals surface area (Å²) < 4.78 is 0. The van der Waals surface area contributed by atoms with Gasteiger partial charge in [-0.1, -0.05) is 42.1 Å². The molecule has 0 saturated heterocycles. The summed E-state index contributed by atoms with van der Waals surface area (Å²) in [7, 11) is 0. The van der Waals surface area contributed by atoms with Crippen LogP contribution in [0.15, 0.2) is 47.5 Å². The van der Waals surface area contributed by atoms with E-state index in [4.69, 9.17) is 0 Å². The first-order valence-corrected chi connectivity index (χ1v) is 11.2. The average Bonchev–Trinajstić information content (AvgIpc) is 3.26. The predicted molar refractivity (Wildman–Crippen MR) is 117 cm³/mol. The molecule has 1 N–H and O–H groups in total.